The highest BCUT2D eigenvalue weighted by Crippen LogP contribution is 2.43. The molecule has 0 saturated carbocycles. The fourth-order valence-corrected chi connectivity index (χ4v) is 3.31. The van der Waals surface area contributed by atoms with E-state index in [4.69, 9.17) is 0 Å². The van der Waals surface area contributed by atoms with Gasteiger partial charge in [0.15, 0.2) is 0 Å². The Morgan fingerprint density at radius 1 is 0.913 bits per heavy atom. The topological polar surface area (TPSA) is 0 Å². The minimum Gasteiger partial charge on any atom is -0.166 e. The molecule has 0 heterocycles. The maximum absolute atomic E-state index is 13.3. The Bertz CT molecular complexity index is 582. The Kier molecular flexibility index (Phi) is 5.22. The molecule has 0 fully saturated rings. The van der Waals surface area contributed by atoms with Gasteiger partial charge >= 0.3 is 6.18 Å². The molecule has 0 aliphatic rings. The van der Waals surface area contributed by atoms with E-state index in [1.165, 1.54) is 6.07 Å². The summed E-state index contributed by atoms with van der Waals surface area (Å²) in [7, 11) is 5.91. The van der Waals surface area contributed by atoms with Gasteiger partial charge in [-0.15, -0.1) is 0 Å². The molecule has 0 atom stereocenters. The van der Waals surface area contributed by atoms with Gasteiger partial charge in [-0.1, -0.05) is 76.3 Å². The lowest BCUT2D eigenvalue weighted by atomic mass is 9.38. The molecule has 1 rings (SSSR count). The Labute approximate surface area is 141 Å². The van der Waals surface area contributed by atoms with E-state index >= 15 is 0 Å². The van der Waals surface area contributed by atoms with Crippen LogP contribution in [0.25, 0.3) is 0 Å². The minimum absolute atomic E-state index is 0.0147. The first-order chi connectivity index (χ1) is 10.1. The van der Waals surface area contributed by atoms with Gasteiger partial charge in [-0.05, 0) is 16.4 Å². The van der Waals surface area contributed by atoms with E-state index < -0.39 is 11.7 Å². The molecule has 6 heteroatoms. The smallest absolute Gasteiger partial charge is 0.166 e. The third-order valence-electron chi connectivity index (χ3n) is 5.77. The fourth-order valence-electron chi connectivity index (χ4n) is 3.31. The van der Waals surface area contributed by atoms with Gasteiger partial charge in [0.1, 0.15) is 23.5 Å². The standard InChI is InChI=1S/C17H28B3F3/c1-7-15(5,6)16(19,20)10-8-9-11(17(21,22)23)13(18)12(10)14(2,3)4/h8-9H,7,18-20H2,1-6H3. The second-order valence-electron chi connectivity index (χ2n) is 8.77. The van der Waals surface area contributed by atoms with Crippen molar-refractivity contribution in [2.24, 2.45) is 5.41 Å². The van der Waals surface area contributed by atoms with Crippen molar-refractivity contribution in [1.29, 1.82) is 0 Å². The highest BCUT2D eigenvalue weighted by molar-refractivity contribution is 6.41. The van der Waals surface area contributed by atoms with Crippen molar-refractivity contribution in [1.82, 2.24) is 0 Å². The fraction of sp³-hybridized carbons (Fsp3) is 0.647. The molecule has 0 amide bonds. The lowest BCUT2D eigenvalue weighted by Gasteiger charge is -2.45. The van der Waals surface area contributed by atoms with Crippen molar-refractivity contribution in [2.75, 3.05) is 0 Å². The van der Waals surface area contributed by atoms with Crippen molar-refractivity contribution in [3.8, 4) is 0 Å². The van der Waals surface area contributed by atoms with Crippen molar-refractivity contribution in [3.05, 3.63) is 28.8 Å². The molecule has 1 aromatic rings. The quantitative estimate of drug-likeness (QED) is 0.748. The van der Waals surface area contributed by atoms with Gasteiger partial charge in [0.2, 0.25) is 0 Å². The maximum atomic E-state index is 13.3. The monoisotopic (exact) mass is 322 g/mol. The van der Waals surface area contributed by atoms with Crippen LogP contribution in [0.5, 0.6) is 0 Å². The minimum atomic E-state index is -4.31. The van der Waals surface area contributed by atoms with Crippen molar-refractivity contribution >= 4 is 29.0 Å². The van der Waals surface area contributed by atoms with Crippen LogP contribution in [-0.4, -0.2) is 23.5 Å². The highest BCUT2D eigenvalue weighted by atomic mass is 19.4. The largest absolute Gasteiger partial charge is 0.415 e. The third-order valence-corrected chi connectivity index (χ3v) is 5.77. The van der Waals surface area contributed by atoms with Gasteiger partial charge < -0.3 is 0 Å². The second kappa shape index (κ2) is 5.93. The summed E-state index contributed by atoms with van der Waals surface area (Å²) in [6.07, 6.45) is -3.35. The first-order valence-electron chi connectivity index (χ1n) is 8.29. The van der Waals surface area contributed by atoms with Gasteiger partial charge in [0, 0.05) is 5.56 Å². The number of hydrogen-bond donors (Lipinski definition) is 0. The summed E-state index contributed by atoms with van der Waals surface area (Å²) in [5.74, 6) is 0. The molecule has 0 aliphatic heterocycles. The number of halogens is 3. The summed E-state index contributed by atoms with van der Waals surface area (Å²) >= 11 is 0. The molecule has 0 aliphatic carbocycles. The predicted molar refractivity (Wildman–Crippen MR) is 101 cm³/mol. The lowest BCUT2D eigenvalue weighted by Crippen LogP contribution is -2.46. The lowest BCUT2D eigenvalue weighted by molar-refractivity contribution is -0.136. The van der Waals surface area contributed by atoms with E-state index in [1.54, 1.807) is 13.9 Å². The zero-order valence-electron chi connectivity index (χ0n) is 16.0. The Morgan fingerprint density at radius 3 is 1.70 bits per heavy atom. The van der Waals surface area contributed by atoms with Gasteiger partial charge in [0.05, 0.1) is 0 Å². The van der Waals surface area contributed by atoms with Crippen LogP contribution < -0.4 is 5.46 Å². The van der Waals surface area contributed by atoms with Gasteiger partial charge in [-0.2, -0.15) is 13.2 Å². The molecular weight excluding hydrogens is 294 g/mol. The van der Waals surface area contributed by atoms with Gasteiger partial charge in [0.25, 0.3) is 0 Å². The van der Waals surface area contributed by atoms with E-state index in [9.17, 15) is 13.2 Å². The molecule has 23 heavy (non-hydrogen) atoms. The van der Waals surface area contributed by atoms with Crippen LogP contribution in [0, 0.1) is 5.41 Å². The Morgan fingerprint density at radius 2 is 1.35 bits per heavy atom. The Balaban J connectivity index is 3.80. The van der Waals surface area contributed by atoms with Crippen molar-refractivity contribution < 1.29 is 13.2 Å². The van der Waals surface area contributed by atoms with Gasteiger partial charge in [-0.3, -0.25) is 0 Å². The molecular formula is C17H28B3F3. The zero-order chi connectivity index (χ0) is 18.4. The average Bonchev–Trinajstić information content (AvgIpc) is 2.34. The maximum Gasteiger partial charge on any atom is 0.415 e. The number of hydrogen-bond acceptors (Lipinski definition) is 0. The molecule has 1 aromatic carbocycles. The summed E-state index contributed by atoms with van der Waals surface area (Å²) in [6.45, 7) is 12.5. The van der Waals surface area contributed by atoms with Crippen LogP contribution in [0.2, 0.25) is 0 Å². The molecule has 0 nitrogen and oxygen atoms in total. The van der Waals surface area contributed by atoms with E-state index in [1.807, 2.05) is 20.8 Å². The van der Waals surface area contributed by atoms with Crippen LogP contribution in [-0.2, 0) is 16.8 Å². The molecule has 0 radical (unpaired) electrons. The molecule has 0 spiro atoms. The Hall–Kier alpha value is -0.795. The highest BCUT2D eigenvalue weighted by Gasteiger charge is 2.42. The van der Waals surface area contributed by atoms with E-state index in [0.29, 0.717) is 5.46 Å². The normalized spacial score (nSPS) is 14.1. The summed E-state index contributed by atoms with van der Waals surface area (Å²) in [5, 5.41) is -0.223. The average molecular weight is 322 g/mol. The summed E-state index contributed by atoms with van der Waals surface area (Å²) < 4.78 is 40.0. The summed E-state index contributed by atoms with van der Waals surface area (Å²) in [6, 6.07) is 2.96. The first kappa shape index (κ1) is 20.2. The number of alkyl halides is 3. The van der Waals surface area contributed by atoms with E-state index in [0.717, 1.165) is 17.5 Å². The van der Waals surface area contributed by atoms with Crippen molar-refractivity contribution in [2.45, 2.75) is 64.8 Å². The predicted octanol–water partition coefficient (Wildman–Crippen LogP) is 2.12. The van der Waals surface area contributed by atoms with E-state index in [-0.39, 0.29) is 16.0 Å². The van der Waals surface area contributed by atoms with Crippen LogP contribution in [0.3, 0.4) is 0 Å². The van der Waals surface area contributed by atoms with E-state index in [2.05, 4.69) is 36.5 Å². The summed E-state index contributed by atoms with van der Waals surface area (Å²) in [4.78, 5) is 0. The number of rotatable bonds is 3. The number of benzene rings is 1. The van der Waals surface area contributed by atoms with Crippen LogP contribution >= 0.6 is 0 Å². The van der Waals surface area contributed by atoms with Crippen LogP contribution in [0.4, 0.5) is 13.2 Å². The molecule has 126 valence electrons. The second-order valence-corrected chi connectivity index (χ2v) is 8.77. The van der Waals surface area contributed by atoms with Crippen LogP contribution in [0.15, 0.2) is 12.1 Å². The molecule has 0 aromatic heterocycles. The molecule has 0 unspecified atom stereocenters. The SMILES string of the molecule is Bc1c(C(F)(F)F)ccc(C(B)(B)C(C)(C)CC)c1C(C)(C)C. The first-order valence-corrected chi connectivity index (χ1v) is 8.29. The van der Waals surface area contributed by atoms with Gasteiger partial charge in [-0.25, -0.2) is 0 Å². The molecule has 0 saturated heterocycles. The molecule has 0 N–H and O–H groups in total. The third kappa shape index (κ3) is 3.66. The summed E-state index contributed by atoms with van der Waals surface area (Å²) in [5.41, 5.74) is 1.35. The molecule has 0 bridgehead atoms. The zero-order valence-corrected chi connectivity index (χ0v) is 16.0. The van der Waals surface area contributed by atoms with Crippen molar-refractivity contribution in [3.63, 3.8) is 0 Å². The van der Waals surface area contributed by atoms with Crippen LogP contribution in [0.1, 0.15) is 64.7 Å².